The lowest BCUT2D eigenvalue weighted by Gasteiger charge is -2.19. The van der Waals surface area contributed by atoms with Gasteiger partial charge in [-0.15, -0.1) is 6.58 Å². The van der Waals surface area contributed by atoms with Gasteiger partial charge in [-0.25, -0.2) is 4.98 Å². The van der Waals surface area contributed by atoms with E-state index in [1.807, 2.05) is 55.5 Å². The van der Waals surface area contributed by atoms with E-state index in [1.165, 1.54) is 0 Å². The zero-order valence-electron chi connectivity index (χ0n) is 13.8. The van der Waals surface area contributed by atoms with E-state index in [1.54, 1.807) is 4.57 Å². The molecule has 3 nitrogen and oxygen atoms in total. The fourth-order valence-electron chi connectivity index (χ4n) is 2.96. The number of nitrogens with zero attached hydrogens (tertiary/aromatic N) is 2. The molecule has 24 heavy (non-hydrogen) atoms. The standard InChI is InChI=1S/C20H19BrN2O/c1-13(2)12-14(3)19-22-17-10-6-4-8-15(17)20(24)23(19)18-11-7-5-9-16(18)21/h4-11,14H,1,12H2,2-3H3/t14-/m0/s1. The summed E-state index contributed by atoms with van der Waals surface area (Å²) in [6.07, 6.45) is 0.787. The third kappa shape index (κ3) is 3.06. The summed E-state index contributed by atoms with van der Waals surface area (Å²) in [4.78, 5) is 18.0. The number of hydrogen-bond acceptors (Lipinski definition) is 2. The Kier molecular flexibility index (Phi) is 4.67. The Labute approximate surface area is 149 Å². The molecule has 4 heteroatoms. The van der Waals surface area contributed by atoms with E-state index in [4.69, 9.17) is 4.98 Å². The molecule has 0 amide bonds. The second-order valence-electron chi connectivity index (χ2n) is 6.14. The summed E-state index contributed by atoms with van der Waals surface area (Å²) < 4.78 is 2.59. The number of fused-ring (bicyclic) bond motifs is 1. The minimum atomic E-state index is -0.0453. The van der Waals surface area contributed by atoms with Crippen LogP contribution in [0.5, 0.6) is 0 Å². The van der Waals surface area contributed by atoms with Gasteiger partial charge >= 0.3 is 0 Å². The van der Waals surface area contributed by atoms with Crippen LogP contribution < -0.4 is 5.56 Å². The van der Waals surface area contributed by atoms with Gasteiger partial charge in [0.1, 0.15) is 5.82 Å². The van der Waals surface area contributed by atoms with Crippen molar-refractivity contribution in [3.05, 3.63) is 81.3 Å². The second-order valence-corrected chi connectivity index (χ2v) is 7.00. The van der Waals surface area contributed by atoms with Gasteiger partial charge in [0.15, 0.2) is 0 Å². The molecule has 0 fully saturated rings. The average Bonchev–Trinajstić information content (AvgIpc) is 2.55. The first-order valence-corrected chi connectivity index (χ1v) is 8.69. The van der Waals surface area contributed by atoms with Gasteiger partial charge < -0.3 is 0 Å². The lowest BCUT2D eigenvalue weighted by molar-refractivity contribution is 0.661. The summed E-state index contributed by atoms with van der Waals surface area (Å²) in [7, 11) is 0. The molecule has 1 aromatic heterocycles. The highest BCUT2D eigenvalue weighted by Crippen LogP contribution is 2.27. The normalized spacial score (nSPS) is 12.3. The molecule has 0 spiro atoms. The summed E-state index contributed by atoms with van der Waals surface area (Å²) in [5.41, 5.74) is 2.57. The Morgan fingerprint density at radius 2 is 1.88 bits per heavy atom. The first-order chi connectivity index (χ1) is 11.5. The van der Waals surface area contributed by atoms with Gasteiger partial charge in [-0.05, 0) is 53.5 Å². The summed E-state index contributed by atoms with van der Waals surface area (Å²) >= 11 is 3.56. The predicted molar refractivity (Wildman–Crippen MR) is 103 cm³/mol. The number of benzene rings is 2. The van der Waals surface area contributed by atoms with Crippen LogP contribution in [0.2, 0.25) is 0 Å². The third-order valence-corrected chi connectivity index (χ3v) is 4.66. The van der Waals surface area contributed by atoms with Crippen molar-refractivity contribution < 1.29 is 0 Å². The summed E-state index contributed by atoms with van der Waals surface area (Å²) in [6, 6.07) is 15.2. The highest BCUT2D eigenvalue weighted by molar-refractivity contribution is 9.10. The summed E-state index contributed by atoms with van der Waals surface area (Å²) in [6.45, 7) is 8.08. The topological polar surface area (TPSA) is 34.9 Å². The van der Waals surface area contributed by atoms with Gasteiger partial charge in [-0.1, -0.05) is 36.8 Å². The summed E-state index contributed by atoms with van der Waals surface area (Å²) in [5, 5.41) is 0.625. The molecular formula is C20H19BrN2O. The minimum absolute atomic E-state index is 0.0453. The zero-order chi connectivity index (χ0) is 17.3. The summed E-state index contributed by atoms with van der Waals surface area (Å²) in [5.74, 6) is 0.848. The zero-order valence-corrected chi connectivity index (χ0v) is 15.4. The number of allylic oxidation sites excluding steroid dienone is 1. The number of rotatable bonds is 4. The van der Waals surface area contributed by atoms with E-state index in [2.05, 4.69) is 29.4 Å². The van der Waals surface area contributed by atoms with Crippen LogP contribution in [-0.4, -0.2) is 9.55 Å². The van der Waals surface area contributed by atoms with Crippen LogP contribution in [0.1, 0.15) is 32.0 Å². The molecule has 0 aliphatic rings. The Morgan fingerprint density at radius 3 is 2.58 bits per heavy atom. The van der Waals surface area contributed by atoms with Crippen molar-refractivity contribution in [2.24, 2.45) is 0 Å². The molecule has 2 aromatic carbocycles. The monoisotopic (exact) mass is 382 g/mol. The van der Waals surface area contributed by atoms with E-state index < -0.39 is 0 Å². The van der Waals surface area contributed by atoms with Gasteiger partial charge in [0, 0.05) is 10.4 Å². The van der Waals surface area contributed by atoms with Gasteiger partial charge in [-0.3, -0.25) is 9.36 Å². The molecule has 0 aliphatic heterocycles. The molecule has 0 N–H and O–H groups in total. The molecule has 122 valence electrons. The van der Waals surface area contributed by atoms with Crippen LogP contribution in [0.15, 0.2) is 70.0 Å². The van der Waals surface area contributed by atoms with Gasteiger partial charge in [0.25, 0.3) is 5.56 Å². The Bertz CT molecular complexity index is 975. The molecule has 0 radical (unpaired) electrons. The van der Waals surface area contributed by atoms with E-state index in [-0.39, 0.29) is 11.5 Å². The van der Waals surface area contributed by atoms with Crippen molar-refractivity contribution in [2.45, 2.75) is 26.2 Å². The lowest BCUT2D eigenvalue weighted by Crippen LogP contribution is -2.25. The van der Waals surface area contributed by atoms with E-state index in [0.717, 1.165) is 33.5 Å². The average molecular weight is 383 g/mol. The molecule has 0 aliphatic carbocycles. The smallest absolute Gasteiger partial charge is 0.266 e. The van der Waals surface area contributed by atoms with Crippen molar-refractivity contribution >= 4 is 26.8 Å². The maximum absolute atomic E-state index is 13.2. The molecule has 0 saturated carbocycles. The molecule has 0 bridgehead atoms. The van der Waals surface area contributed by atoms with Crippen LogP contribution >= 0.6 is 15.9 Å². The van der Waals surface area contributed by atoms with Crippen LogP contribution in [0.3, 0.4) is 0 Å². The highest BCUT2D eigenvalue weighted by atomic mass is 79.9. The SMILES string of the molecule is C=C(C)C[C@H](C)c1nc2ccccc2c(=O)n1-c1ccccc1Br. The fourth-order valence-corrected chi connectivity index (χ4v) is 3.42. The van der Waals surface area contributed by atoms with E-state index in [0.29, 0.717) is 5.39 Å². The molecule has 3 aromatic rings. The Hall–Kier alpha value is -2.20. The van der Waals surface area contributed by atoms with Crippen LogP contribution in [0.25, 0.3) is 16.6 Å². The van der Waals surface area contributed by atoms with Crippen molar-refractivity contribution in [3.63, 3.8) is 0 Å². The second kappa shape index (κ2) is 6.73. The maximum atomic E-state index is 13.2. The highest BCUT2D eigenvalue weighted by Gasteiger charge is 2.19. The molecule has 1 atom stereocenters. The quantitative estimate of drug-likeness (QED) is 0.579. The fraction of sp³-hybridized carbons (Fsp3) is 0.200. The van der Waals surface area contributed by atoms with Crippen molar-refractivity contribution in [1.82, 2.24) is 9.55 Å². The minimum Gasteiger partial charge on any atom is -0.268 e. The maximum Gasteiger partial charge on any atom is 0.266 e. The van der Waals surface area contributed by atoms with Crippen molar-refractivity contribution in [2.75, 3.05) is 0 Å². The predicted octanol–water partition coefficient (Wildman–Crippen LogP) is 5.22. The van der Waals surface area contributed by atoms with Crippen molar-refractivity contribution in [1.29, 1.82) is 0 Å². The molecule has 0 unspecified atom stereocenters. The largest absolute Gasteiger partial charge is 0.268 e. The number of halogens is 1. The van der Waals surface area contributed by atoms with Crippen LogP contribution in [0.4, 0.5) is 0 Å². The Balaban J connectivity index is 2.36. The number of para-hydroxylation sites is 2. The van der Waals surface area contributed by atoms with Gasteiger partial charge in [0.05, 0.1) is 16.6 Å². The Morgan fingerprint density at radius 1 is 1.21 bits per heavy atom. The lowest BCUT2D eigenvalue weighted by atomic mass is 10.0. The molecule has 1 heterocycles. The van der Waals surface area contributed by atoms with E-state index >= 15 is 0 Å². The van der Waals surface area contributed by atoms with Crippen LogP contribution in [-0.2, 0) is 0 Å². The van der Waals surface area contributed by atoms with Crippen LogP contribution in [0, 0.1) is 0 Å². The first-order valence-electron chi connectivity index (χ1n) is 7.90. The number of hydrogen-bond donors (Lipinski definition) is 0. The molecule has 0 saturated heterocycles. The van der Waals surface area contributed by atoms with Crippen molar-refractivity contribution in [3.8, 4) is 5.69 Å². The van der Waals surface area contributed by atoms with E-state index in [9.17, 15) is 4.79 Å². The first kappa shape index (κ1) is 16.7. The molecule has 3 rings (SSSR count). The van der Waals surface area contributed by atoms with Gasteiger partial charge in [0.2, 0.25) is 0 Å². The van der Waals surface area contributed by atoms with Gasteiger partial charge in [-0.2, -0.15) is 0 Å². The number of aromatic nitrogens is 2. The third-order valence-electron chi connectivity index (χ3n) is 3.99. The molecular weight excluding hydrogens is 364 g/mol.